The number of rotatable bonds is 9. The van der Waals surface area contributed by atoms with Crippen LogP contribution in [0, 0.1) is 10.8 Å². The molecule has 118 valence electrons. The standard InChI is InChI=1S/C17H26O4/c1-5-9-17(14(18)20-6-2,15(19)21-7-3)11-8-10-16(4)12-13-16/h5,8,10H,1,6-7,9,11-13H2,2-4H3/b10-8+. The Hall–Kier alpha value is -1.58. The van der Waals surface area contributed by atoms with Gasteiger partial charge in [-0.05, 0) is 44.9 Å². The van der Waals surface area contributed by atoms with E-state index in [1.54, 1.807) is 19.9 Å². The summed E-state index contributed by atoms with van der Waals surface area (Å²) in [7, 11) is 0. The highest BCUT2D eigenvalue weighted by Gasteiger charge is 2.47. The van der Waals surface area contributed by atoms with Gasteiger partial charge in [-0.2, -0.15) is 0 Å². The Balaban J connectivity index is 2.97. The summed E-state index contributed by atoms with van der Waals surface area (Å²) in [5.74, 6) is -1.07. The minimum Gasteiger partial charge on any atom is -0.465 e. The van der Waals surface area contributed by atoms with Crippen molar-refractivity contribution in [1.29, 1.82) is 0 Å². The molecule has 0 aromatic carbocycles. The van der Waals surface area contributed by atoms with E-state index >= 15 is 0 Å². The van der Waals surface area contributed by atoms with E-state index < -0.39 is 17.4 Å². The molecule has 1 saturated carbocycles. The Morgan fingerprint density at radius 1 is 1.14 bits per heavy atom. The van der Waals surface area contributed by atoms with Crippen LogP contribution in [-0.2, 0) is 19.1 Å². The zero-order valence-corrected chi connectivity index (χ0v) is 13.3. The first-order chi connectivity index (χ1) is 9.94. The predicted octanol–water partition coefficient (Wildman–Crippen LogP) is 3.42. The van der Waals surface area contributed by atoms with Gasteiger partial charge in [0.05, 0.1) is 13.2 Å². The van der Waals surface area contributed by atoms with Gasteiger partial charge in [-0.3, -0.25) is 9.59 Å². The summed E-state index contributed by atoms with van der Waals surface area (Å²) in [6.07, 6.45) is 8.36. The highest BCUT2D eigenvalue weighted by Crippen LogP contribution is 2.46. The summed E-state index contributed by atoms with van der Waals surface area (Å²) in [5.41, 5.74) is -1.08. The van der Waals surface area contributed by atoms with Gasteiger partial charge in [-0.15, -0.1) is 6.58 Å². The zero-order chi connectivity index (χ0) is 15.9. The number of carbonyl (C=O) groups is 2. The average Bonchev–Trinajstić information content (AvgIpc) is 3.16. The van der Waals surface area contributed by atoms with Crippen LogP contribution in [0.3, 0.4) is 0 Å². The lowest BCUT2D eigenvalue weighted by atomic mass is 9.80. The fraction of sp³-hybridized carbons (Fsp3) is 0.647. The van der Waals surface area contributed by atoms with Gasteiger partial charge in [0.15, 0.2) is 5.41 Å². The Morgan fingerprint density at radius 2 is 1.67 bits per heavy atom. The third kappa shape index (κ3) is 4.45. The molecule has 0 unspecified atom stereocenters. The molecule has 0 saturated heterocycles. The molecule has 1 fully saturated rings. The third-order valence-electron chi connectivity index (χ3n) is 3.85. The largest absolute Gasteiger partial charge is 0.465 e. The van der Waals surface area contributed by atoms with Gasteiger partial charge in [0.1, 0.15) is 0 Å². The van der Waals surface area contributed by atoms with Crippen molar-refractivity contribution >= 4 is 11.9 Å². The molecule has 0 aliphatic heterocycles. The Labute approximate surface area is 127 Å². The fourth-order valence-electron chi connectivity index (χ4n) is 2.19. The first-order valence-corrected chi connectivity index (χ1v) is 7.57. The van der Waals surface area contributed by atoms with Crippen molar-refractivity contribution in [2.24, 2.45) is 10.8 Å². The number of hydrogen-bond acceptors (Lipinski definition) is 4. The van der Waals surface area contributed by atoms with E-state index in [2.05, 4.69) is 19.6 Å². The molecular weight excluding hydrogens is 268 g/mol. The van der Waals surface area contributed by atoms with Crippen LogP contribution in [0.4, 0.5) is 0 Å². The second-order valence-corrected chi connectivity index (χ2v) is 5.78. The molecule has 0 aromatic rings. The van der Waals surface area contributed by atoms with E-state index in [1.807, 2.05) is 6.08 Å². The monoisotopic (exact) mass is 294 g/mol. The molecule has 0 N–H and O–H groups in total. The normalized spacial score (nSPS) is 16.5. The van der Waals surface area contributed by atoms with E-state index in [0.717, 1.165) is 12.8 Å². The number of allylic oxidation sites excluding steroid dienone is 3. The quantitative estimate of drug-likeness (QED) is 0.371. The predicted molar refractivity (Wildman–Crippen MR) is 81.6 cm³/mol. The molecule has 1 rings (SSSR count). The lowest BCUT2D eigenvalue weighted by Gasteiger charge is -2.27. The molecule has 4 heteroatoms. The zero-order valence-electron chi connectivity index (χ0n) is 13.3. The van der Waals surface area contributed by atoms with Gasteiger partial charge < -0.3 is 9.47 Å². The molecule has 0 heterocycles. The maximum atomic E-state index is 12.3. The average molecular weight is 294 g/mol. The van der Waals surface area contributed by atoms with E-state index in [1.165, 1.54) is 0 Å². The van der Waals surface area contributed by atoms with Gasteiger partial charge in [0, 0.05) is 0 Å². The van der Waals surface area contributed by atoms with Gasteiger partial charge in [0.2, 0.25) is 0 Å². The van der Waals surface area contributed by atoms with Crippen LogP contribution in [0.15, 0.2) is 24.8 Å². The molecule has 0 aromatic heterocycles. The Bertz CT molecular complexity index is 401. The van der Waals surface area contributed by atoms with E-state index in [9.17, 15) is 9.59 Å². The maximum Gasteiger partial charge on any atom is 0.324 e. The first-order valence-electron chi connectivity index (χ1n) is 7.57. The molecule has 0 radical (unpaired) electrons. The lowest BCUT2D eigenvalue weighted by Crippen LogP contribution is -2.41. The molecule has 0 bridgehead atoms. The molecule has 1 aliphatic rings. The molecule has 1 aliphatic carbocycles. The van der Waals surface area contributed by atoms with Crippen LogP contribution in [0.2, 0.25) is 0 Å². The van der Waals surface area contributed by atoms with Crippen LogP contribution in [-0.4, -0.2) is 25.2 Å². The summed E-state index contributed by atoms with van der Waals surface area (Å²) < 4.78 is 10.2. The summed E-state index contributed by atoms with van der Waals surface area (Å²) in [6, 6.07) is 0. The number of hydrogen-bond donors (Lipinski definition) is 0. The Morgan fingerprint density at radius 3 is 2.05 bits per heavy atom. The van der Waals surface area contributed by atoms with Crippen molar-refractivity contribution in [3.05, 3.63) is 24.8 Å². The van der Waals surface area contributed by atoms with Crippen LogP contribution in [0.1, 0.15) is 46.5 Å². The minimum atomic E-state index is -1.31. The molecule has 21 heavy (non-hydrogen) atoms. The van der Waals surface area contributed by atoms with Crippen LogP contribution < -0.4 is 0 Å². The summed E-state index contributed by atoms with van der Waals surface area (Å²) >= 11 is 0. The van der Waals surface area contributed by atoms with E-state index in [-0.39, 0.29) is 31.5 Å². The summed E-state index contributed by atoms with van der Waals surface area (Å²) in [4.78, 5) is 24.7. The van der Waals surface area contributed by atoms with Crippen LogP contribution >= 0.6 is 0 Å². The number of esters is 2. The SMILES string of the molecule is C=CCC(C/C=C/C1(C)CC1)(C(=O)OCC)C(=O)OCC. The summed E-state index contributed by atoms with van der Waals surface area (Å²) in [6.45, 7) is 9.74. The van der Waals surface area contributed by atoms with Crippen molar-refractivity contribution in [2.45, 2.75) is 46.5 Å². The van der Waals surface area contributed by atoms with Crippen molar-refractivity contribution in [2.75, 3.05) is 13.2 Å². The highest BCUT2D eigenvalue weighted by molar-refractivity contribution is 6.00. The van der Waals surface area contributed by atoms with Gasteiger partial charge in [-0.1, -0.05) is 25.2 Å². The highest BCUT2D eigenvalue weighted by atomic mass is 16.6. The molecular formula is C17H26O4. The number of ether oxygens (including phenoxy) is 2. The van der Waals surface area contributed by atoms with Gasteiger partial charge >= 0.3 is 11.9 Å². The smallest absolute Gasteiger partial charge is 0.324 e. The second-order valence-electron chi connectivity index (χ2n) is 5.78. The molecule has 0 atom stereocenters. The maximum absolute atomic E-state index is 12.3. The molecule has 0 spiro atoms. The Kier molecular flexibility index (Phi) is 6.19. The van der Waals surface area contributed by atoms with Crippen molar-refractivity contribution in [3.63, 3.8) is 0 Å². The topological polar surface area (TPSA) is 52.6 Å². The van der Waals surface area contributed by atoms with E-state index in [0.29, 0.717) is 0 Å². The molecule has 0 amide bonds. The second kappa shape index (κ2) is 7.43. The fourth-order valence-corrected chi connectivity index (χ4v) is 2.19. The van der Waals surface area contributed by atoms with E-state index in [4.69, 9.17) is 9.47 Å². The van der Waals surface area contributed by atoms with Crippen molar-refractivity contribution < 1.29 is 19.1 Å². The first kappa shape index (κ1) is 17.5. The van der Waals surface area contributed by atoms with Crippen molar-refractivity contribution in [1.82, 2.24) is 0 Å². The van der Waals surface area contributed by atoms with Gasteiger partial charge in [-0.25, -0.2) is 0 Å². The minimum absolute atomic E-state index is 0.214. The van der Waals surface area contributed by atoms with Crippen molar-refractivity contribution in [3.8, 4) is 0 Å². The lowest BCUT2D eigenvalue weighted by molar-refractivity contribution is -0.171. The molecule has 4 nitrogen and oxygen atoms in total. The summed E-state index contributed by atoms with van der Waals surface area (Å²) in [5, 5.41) is 0. The number of carbonyl (C=O) groups excluding carboxylic acids is 2. The van der Waals surface area contributed by atoms with Gasteiger partial charge in [0.25, 0.3) is 0 Å². The van der Waals surface area contributed by atoms with Crippen LogP contribution in [0.25, 0.3) is 0 Å². The third-order valence-corrected chi connectivity index (χ3v) is 3.85. The van der Waals surface area contributed by atoms with Crippen LogP contribution in [0.5, 0.6) is 0 Å².